The van der Waals surface area contributed by atoms with Crippen molar-refractivity contribution in [3.05, 3.63) is 29.3 Å². The second kappa shape index (κ2) is 5.01. The van der Waals surface area contributed by atoms with Gasteiger partial charge in [0.15, 0.2) is 0 Å². The van der Waals surface area contributed by atoms with Gasteiger partial charge in [-0.3, -0.25) is 29.4 Å². The lowest BCUT2D eigenvalue weighted by molar-refractivity contribution is -0.136. The van der Waals surface area contributed by atoms with E-state index < -0.39 is 29.7 Å². The quantitative estimate of drug-likeness (QED) is 0.471. The number of amides is 4. The highest BCUT2D eigenvalue weighted by Gasteiger charge is 2.44. The maximum Gasteiger partial charge on any atom is 0.262 e. The molecule has 1 N–H and O–H groups in total. The first-order chi connectivity index (χ1) is 10.5. The molecule has 0 saturated carbocycles. The SMILES string of the molecule is O=C=Nc1ccc2c(c1)C(=O)N(C1CCC(=O)NC1=O)C2=O. The van der Waals surface area contributed by atoms with Crippen LogP contribution in [-0.2, 0) is 14.4 Å². The number of aliphatic imine (C=N–C) groups is 1. The summed E-state index contributed by atoms with van der Waals surface area (Å²) in [6.07, 6.45) is 1.50. The molecule has 0 spiro atoms. The highest BCUT2D eigenvalue weighted by atomic mass is 16.2. The van der Waals surface area contributed by atoms with E-state index in [4.69, 9.17) is 0 Å². The van der Waals surface area contributed by atoms with Crippen molar-refractivity contribution < 1.29 is 24.0 Å². The fraction of sp³-hybridized carbons (Fsp3) is 0.214. The van der Waals surface area contributed by atoms with Crippen molar-refractivity contribution in [1.29, 1.82) is 0 Å². The summed E-state index contributed by atoms with van der Waals surface area (Å²) < 4.78 is 0. The second-order valence-corrected chi connectivity index (χ2v) is 4.88. The zero-order valence-electron chi connectivity index (χ0n) is 11.2. The number of nitrogens with zero attached hydrogens (tertiary/aromatic N) is 2. The molecule has 3 rings (SSSR count). The van der Waals surface area contributed by atoms with Crippen LogP contribution in [0, 0.1) is 0 Å². The highest BCUT2D eigenvalue weighted by Crippen LogP contribution is 2.30. The third-order valence-electron chi connectivity index (χ3n) is 3.60. The molecule has 2 heterocycles. The van der Waals surface area contributed by atoms with Crippen LogP contribution < -0.4 is 5.32 Å². The molecule has 2 aliphatic rings. The topological polar surface area (TPSA) is 113 Å². The van der Waals surface area contributed by atoms with E-state index in [1.807, 2.05) is 0 Å². The van der Waals surface area contributed by atoms with Crippen LogP contribution >= 0.6 is 0 Å². The normalized spacial score (nSPS) is 20.5. The lowest BCUT2D eigenvalue weighted by Crippen LogP contribution is -2.54. The Morgan fingerprint density at radius 3 is 2.55 bits per heavy atom. The van der Waals surface area contributed by atoms with E-state index in [0.29, 0.717) is 0 Å². The van der Waals surface area contributed by atoms with Gasteiger partial charge in [-0.05, 0) is 24.6 Å². The Bertz CT molecular complexity index is 779. The molecule has 1 unspecified atom stereocenters. The molecular weight excluding hydrogens is 290 g/mol. The molecule has 1 atom stereocenters. The minimum absolute atomic E-state index is 0.0600. The molecule has 4 amide bonds. The highest BCUT2D eigenvalue weighted by molar-refractivity contribution is 6.23. The molecule has 8 heteroatoms. The minimum atomic E-state index is -1.01. The third-order valence-corrected chi connectivity index (χ3v) is 3.60. The van der Waals surface area contributed by atoms with Gasteiger partial charge in [-0.15, -0.1) is 0 Å². The minimum Gasteiger partial charge on any atom is -0.295 e. The summed E-state index contributed by atoms with van der Waals surface area (Å²) in [6, 6.07) is 3.07. The van der Waals surface area contributed by atoms with Crippen LogP contribution in [0.15, 0.2) is 23.2 Å². The number of nitrogens with one attached hydrogen (secondary N) is 1. The average molecular weight is 299 g/mol. The van der Waals surface area contributed by atoms with E-state index in [9.17, 15) is 24.0 Å². The van der Waals surface area contributed by atoms with Crippen molar-refractivity contribution in [1.82, 2.24) is 10.2 Å². The summed E-state index contributed by atoms with van der Waals surface area (Å²) in [5, 5.41) is 2.11. The van der Waals surface area contributed by atoms with Gasteiger partial charge in [0.1, 0.15) is 6.04 Å². The fourth-order valence-corrected chi connectivity index (χ4v) is 2.58. The molecule has 0 bridgehead atoms. The zero-order valence-corrected chi connectivity index (χ0v) is 11.2. The van der Waals surface area contributed by atoms with E-state index in [1.165, 1.54) is 24.3 Å². The van der Waals surface area contributed by atoms with E-state index in [0.717, 1.165) is 4.90 Å². The molecule has 0 aromatic heterocycles. The number of hydrogen-bond acceptors (Lipinski definition) is 6. The first-order valence-electron chi connectivity index (χ1n) is 6.46. The lowest BCUT2D eigenvalue weighted by atomic mass is 10.0. The number of carbonyl (C=O) groups excluding carboxylic acids is 5. The number of rotatable bonds is 2. The van der Waals surface area contributed by atoms with Crippen molar-refractivity contribution in [2.24, 2.45) is 4.99 Å². The number of hydrogen-bond donors (Lipinski definition) is 1. The van der Waals surface area contributed by atoms with Gasteiger partial charge in [0, 0.05) is 6.42 Å². The van der Waals surface area contributed by atoms with Crippen LogP contribution in [0.2, 0.25) is 0 Å². The van der Waals surface area contributed by atoms with Crippen LogP contribution in [-0.4, -0.2) is 40.7 Å². The number of isocyanates is 1. The summed E-state index contributed by atoms with van der Waals surface area (Å²) in [5.41, 5.74) is 0.408. The predicted octanol–water partition coefficient (Wildman–Crippen LogP) is 0.0551. The van der Waals surface area contributed by atoms with Gasteiger partial charge in [0.25, 0.3) is 11.8 Å². The van der Waals surface area contributed by atoms with E-state index in [1.54, 1.807) is 0 Å². The zero-order chi connectivity index (χ0) is 15.9. The van der Waals surface area contributed by atoms with E-state index in [2.05, 4.69) is 10.3 Å². The van der Waals surface area contributed by atoms with Gasteiger partial charge in [0.05, 0.1) is 16.8 Å². The van der Waals surface area contributed by atoms with Gasteiger partial charge < -0.3 is 0 Å². The Labute approximate surface area is 123 Å². The van der Waals surface area contributed by atoms with Gasteiger partial charge in [-0.2, -0.15) is 4.99 Å². The molecule has 110 valence electrons. The summed E-state index contributed by atoms with van der Waals surface area (Å²) in [6.45, 7) is 0. The largest absolute Gasteiger partial charge is 0.295 e. The standard InChI is InChI=1S/C14H9N3O5/c18-6-15-7-1-2-8-9(5-7)14(22)17(13(8)21)10-3-4-11(19)16-12(10)20/h1-2,5,10H,3-4H2,(H,16,19,20). The number of carbonyl (C=O) groups is 4. The van der Waals surface area contributed by atoms with Crippen LogP contribution in [0.1, 0.15) is 33.6 Å². The second-order valence-electron chi connectivity index (χ2n) is 4.88. The Morgan fingerprint density at radius 1 is 1.14 bits per heavy atom. The molecular formula is C14H9N3O5. The lowest BCUT2D eigenvalue weighted by Gasteiger charge is -2.27. The maximum absolute atomic E-state index is 12.4. The first-order valence-corrected chi connectivity index (χ1v) is 6.46. The van der Waals surface area contributed by atoms with Crippen molar-refractivity contribution >= 4 is 35.4 Å². The van der Waals surface area contributed by atoms with Crippen molar-refractivity contribution in [2.45, 2.75) is 18.9 Å². The molecule has 0 radical (unpaired) electrons. The van der Waals surface area contributed by atoms with E-state index >= 15 is 0 Å². The summed E-state index contributed by atoms with van der Waals surface area (Å²) >= 11 is 0. The molecule has 22 heavy (non-hydrogen) atoms. The molecule has 0 aliphatic carbocycles. The molecule has 1 saturated heterocycles. The first kappa shape index (κ1) is 13.8. The van der Waals surface area contributed by atoms with Gasteiger partial charge in [0.2, 0.25) is 17.9 Å². The molecule has 1 aromatic carbocycles. The van der Waals surface area contributed by atoms with Gasteiger partial charge in [-0.1, -0.05) is 0 Å². The molecule has 2 aliphatic heterocycles. The molecule has 1 aromatic rings. The van der Waals surface area contributed by atoms with Gasteiger partial charge >= 0.3 is 0 Å². The fourth-order valence-electron chi connectivity index (χ4n) is 2.58. The Morgan fingerprint density at radius 2 is 1.86 bits per heavy atom. The number of piperidine rings is 1. The summed E-state index contributed by atoms with van der Waals surface area (Å²) in [4.78, 5) is 62.3. The average Bonchev–Trinajstić information content (AvgIpc) is 2.72. The Hall–Kier alpha value is -3.12. The smallest absolute Gasteiger partial charge is 0.262 e. The number of benzene rings is 1. The van der Waals surface area contributed by atoms with Crippen molar-refractivity contribution in [2.75, 3.05) is 0 Å². The van der Waals surface area contributed by atoms with E-state index in [-0.39, 0.29) is 29.7 Å². The van der Waals surface area contributed by atoms with Crippen LogP contribution in [0.25, 0.3) is 0 Å². The Kier molecular flexibility index (Phi) is 3.15. The van der Waals surface area contributed by atoms with Crippen LogP contribution in [0.3, 0.4) is 0 Å². The van der Waals surface area contributed by atoms with Crippen molar-refractivity contribution in [3.8, 4) is 0 Å². The Balaban J connectivity index is 1.98. The number of imide groups is 2. The van der Waals surface area contributed by atoms with Crippen LogP contribution in [0.5, 0.6) is 0 Å². The van der Waals surface area contributed by atoms with Crippen molar-refractivity contribution in [3.63, 3.8) is 0 Å². The van der Waals surface area contributed by atoms with Crippen LogP contribution in [0.4, 0.5) is 5.69 Å². The molecule has 1 fully saturated rings. The maximum atomic E-state index is 12.4. The number of fused-ring (bicyclic) bond motifs is 1. The summed E-state index contributed by atoms with van der Waals surface area (Å²) in [5.74, 6) is -2.34. The third kappa shape index (κ3) is 2.02. The predicted molar refractivity (Wildman–Crippen MR) is 70.9 cm³/mol. The monoisotopic (exact) mass is 299 g/mol. The summed E-state index contributed by atoms with van der Waals surface area (Å²) in [7, 11) is 0. The van der Waals surface area contributed by atoms with Gasteiger partial charge in [-0.25, -0.2) is 4.79 Å². The molecule has 8 nitrogen and oxygen atoms in total.